The molecule has 112 valence electrons. The number of oxazole rings is 1. The third-order valence-corrected chi connectivity index (χ3v) is 3.25. The van der Waals surface area contributed by atoms with E-state index in [0.29, 0.717) is 35.3 Å². The molecule has 6 heteroatoms. The third-order valence-electron chi connectivity index (χ3n) is 3.01. The van der Waals surface area contributed by atoms with Gasteiger partial charge in [0.05, 0.1) is 18.9 Å². The lowest BCUT2D eigenvalue weighted by Gasteiger charge is -2.05. The molecule has 0 spiro atoms. The lowest BCUT2D eigenvalue weighted by atomic mass is 10.1. The molecule has 0 amide bonds. The number of carboxylic acids is 1. The average Bonchev–Trinajstić information content (AvgIpc) is 2.92. The Morgan fingerprint density at radius 3 is 2.95 bits per heavy atom. The van der Waals surface area contributed by atoms with Crippen LogP contribution in [0.3, 0.4) is 0 Å². The van der Waals surface area contributed by atoms with Crippen LogP contribution in [-0.2, 0) is 11.2 Å². The third kappa shape index (κ3) is 4.23. The molecule has 2 aromatic rings. The number of hydrogen-bond donors (Lipinski definition) is 1. The molecule has 1 aromatic carbocycles. The largest absolute Gasteiger partial charge is 0.496 e. The summed E-state index contributed by atoms with van der Waals surface area (Å²) >= 11 is 5.99. The molecule has 21 heavy (non-hydrogen) atoms. The van der Waals surface area contributed by atoms with E-state index < -0.39 is 5.97 Å². The molecule has 0 fully saturated rings. The van der Waals surface area contributed by atoms with Gasteiger partial charge in [0.15, 0.2) is 11.7 Å². The maximum atomic E-state index is 10.4. The summed E-state index contributed by atoms with van der Waals surface area (Å²) < 4.78 is 11.0. The molecular weight excluding hydrogens is 294 g/mol. The smallest absolute Gasteiger partial charge is 0.303 e. The molecular formula is C15H16ClNO4. The molecule has 0 radical (unpaired) electrons. The van der Waals surface area contributed by atoms with Crippen LogP contribution in [0.2, 0.25) is 5.02 Å². The van der Waals surface area contributed by atoms with Crippen molar-refractivity contribution in [3.63, 3.8) is 0 Å². The molecule has 5 nitrogen and oxygen atoms in total. The standard InChI is InChI=1S/C15H16ClNO4/c1-20-12-7-6-10(16)8-11(12)13-9-17-14(21-13)4-2-3-5-15(18)19/h6-9H,2-5H2,1H3,(H,18,19). The number of aromatic nitrogens is 1. The summed E-state index contributed by atoms with van der Waals surface area (Å²) in [5.74, 6) is 1.04. The van der Waals surface area contributed by atoms with E-state index in [0.717, 1.165) is 12.0 Å². The Balaban J connectivity index is 2.06. The molecule has 1 aromatic heterocycles. The Bertz CT molecular complexity index is 624. The van der Waals surface area contributed by atoms with Gasteiger partial charge >= 0.3 is 5.97 Å². The zero-order valence-electron chi connectivity index (χ0n) is 11.6. The fourth-order valence-corrected chi connectivity index (χ4v) is 2.15. The van der Waals surface area contributed by atoms with Crippen LogP contribution in [0.15, 0.2) is 28.8 Å². The van der Waals surface area contributed by atoms with E-state index in [-0.39, 0.29) is 6.42 Å². The summed E-state index contributed by atoms with van der Waals surface area (Å²) in [5.41, 5.74) is 0.745. The van der Waals surface area contributed by atoms with Gasteiger partial charge in [-0.2, -0.15) is 0 Å². The monoisotopic (exact) mass is 309 g/mol. The number of benzene rings is 1. The predicted molar refractivity (Wildman–Crippen MR) is 78.7 cm³/mol. The number of hydrogen-bond acceptors (Lipinski definition) is 4. The van der Waals surface area contributed by atoms with E-state index in [1.165, 1.54) is 0 Å². The fraction of sp³-hybridized carbons (Fsp3) is 0.333. The minimum atomic E-state index is -0.785. The Hall–Kier alpha value is -2.01. The van der Waals surface area contributed by atoms with Crippen molar-refractivity contribution in [1.29, 1.82) is 0 Å². The van der Waals surface area contributed by atoms with Gasteiger partial charge < -0.3 is 14.3 Å². The van der Waals surface area contributed by atoms with Gasteiger partial charge in [-0.05, 0) is 31.0 Å². The van der Waals surface area contributed by atoms with Crippen molar-refractivity contribution in [3.8, 4) is 17.1 Å². The summed E-state index contributed by atoms with van der Waals surface area (Å²) in [6.45, 7) is 0. The van der Waals surface area contributed by atoms with Crippen molar-refractivity contribution in [2.24, 2.45) is 0 Å². The first-order chi connectivity index (χ1) is 10.1. The van der Waals surface area contributed by atoms with Gasteiger partial charge in [-0.3, -0.25) is 4.79 Å². The number of methoxy groups -OCH3 is 1. The molecule has 0 aliphatic carbocycles. The van der Waals surface area contributed by atoms with Crippen LogP contribution >= 0.6 is 11.6 Å². The first-order valence-corrected chi connectivity index (χ1v) is 6.98. The summed E-state index contributed by atoms with van der Waals surface area (Å²) in [4.78, 5) is 14.6. The molecule has 1 heterocycles. The summed E-state index contributed by atoms with van der Waals surface area (Å²) in [6, 6.07) is 5.27. The van der Waals surface area contributed by atoms with Crippen LogP contribution in [0.25, 0.3) is 11.3 Å². The van der Waals surface area contributed by atoms with Gasteiger partial charge in [0.2, 0.25) is 0 Å². The second-order valence-electron chi connectivity index (χ2n) is 4.56. The highest BCUT2D eigenvalue weighted by atomic mass is 35.5. The highest BCUT2D eigenvalue weighted by Crippen LogP contribution is 2.33. The Labute approximate surface area is 127 Å². The molecule has 0 aliphatic heterocycles. The highest BCUT2D eigenvalue weighted by Gasteiger charge is 2.12. The zero-order chi connectivity index (χ0) is 15.2. The van der Waals surface area contributed by atoms with Crippen LogP contribution in [0.4, 0.5) is 0 Å². The van der Waals surface area contributed by atoms with E-state index in [9.17, 15) is 4.79 Å². The summed E-state index contributed by atoms with van der Waals surface area (Å²) in [7, 11) is 1.58. The number of ether oxygens (including phenoxy) is 1. The fourth-order valence-electron chi connectivity index (χ4n) is 1.98. The Morgan fingerprint density at radius 1 is 1.43 bits per heavy atom. The quantitative estimate of drug-likeness (QED) is 0.787. The number of carboxylic acid groups (broad SMARTS) is 1. The van der Waals surface area contributed by atoms with Gasteiger partial charge in [0.25, 0.3) is 0 Å². The van der Waals surface area contributed by atoms with E-state index in [1.807, 2.05) is 0 Å². The van der Waals surface area contributed by atoms with E-state index in [1.54, 1.807) is 31.5 Å². The molecule has 0 saturated heterocycles. The lowest BCUT2D eigenvalue weighted by Crippen LogP contribution is -1.94. The van der Waals surface area contributed by atoms with Gasteiger partial charge in [-0.15, -0.1) is 0 Å². The number of aliphatic carboxylic acids is 1. The van der Waals surface area contributed by atoms with E-state index in [2.05, 4.69) is 4.98 Å². The van der Waals surface area contributed by atoms with Crippen LogP contribution < -0.4 is 4.74 Å². The van der Waals surface area contributed by atoms with Gasteiger partial charge in [-0.25, -0.2) is 4.98 Å². The van der Waals surface area contributed by atoms with Crippen molar-refractivity contribution < 1.29 is 19.1 Å². The second-order valence-corrected chi connectivity index (χ2v) is 5.00. The van der Waals surface area contributed by atoms with Crippen molar-refractivity contribution in [2.75, 3.05) is 7.11 Å². The molecule has 0 saturated carbocycles. The number of carbonyl (C=O) groups is 1. The van der Waals surface area contributed by atoms with Crippen LogP contribution in [-0.4, -0.2) is 23.2 Å². The Kier molecular flexibility index (Phi) is 5.22. The topological polar surface area (TPSA) is 72.6 Å². The maximum Gasteiger partial charge on any atom is 0.303 e. The molecule has 1 N–H and O–H groups in total. The molecule has 2 rings (SSSR count). The first kappa shape index (κ1) is 15.4. The van der Waals surface area contributed by atoms with Crippen LogP contribution in [0.1, 0.15) is 25.2 Å². The van der Waals surface area contributed by atoms with Crippen LogP contribution in [0.5, 0.6) is 5.75 Å². The van der Waals surface area contributed by atoms with Crippen molar-refractivity contribution >= 4 is 17.6 Å². The van der Waals surface area contributed by atoms with Gasteiger partial charge in [0.1, 0.15) is 5.75 Å². The highest BCUT2D eigenvalue weighted by molar-refractivity contribution is 6.30. The maximum absolute atomic E-state index is 10.4. The first-order valence-electron chi connectivity index (χ1n) is 6.60. The minimum Gasteiger partial charge on any atom is -0.496 e. The molecule has 0 atom stereocenters. The van der Waals surface area contributed by atoms with Crippen molar-refractivity contribution in [1.82, 2.24) is 4.98 Å². The summed E-state index contributed by atoms with van der Waals surface area (Å²) in [5, 5.41) is 9.17. The predicted octanol–water partition coefficient (Wildman–Crippen LogP) is 3.80. The number of rotatable bonds is 7. The SMILES string of the molecule is COc1ccc(Cl)cc1-c1cnc(CCCCC(=O)O)o1. The summed E-state index contributed by atoms with van der Waals surface area (Å²) in [6.07, 6.45) is 3.72. The van der Waals surface area contributed by atoms with Gasteiger partial charge in [-0.1, -0.05) is 11.6 Å². The number of nitrogens with zero attached hydrogens (tertiary/aromatic N) is 1. The zero-order valence-corrected chi connectivity index (χ0v) is 12.4. The number of halogens is 1. The number of aryl methyl sites for hydroxylation is 1. The average molecular weight is 310 g/mol. The van der Waals surface area contributed by atoms with E-state index in [4.69, 9.17) is 25.9 Å². The normalized spacial score (nSPS) is 10.6. The minimum absolute atomic E-state index is 0.162. The second kappa shape index (κ2) is 7.13. The van der Waals surface area contributed by atoms with Crippen molar-refractivity contribution in [3.05, 3.63) is 35.3 Å². The lowest BCUT2D eigenvalue weighted by molar-refractivity contribution is -0.137. The van der Waals surface area contributed by atoms with Crippen LogP contribution in [0, 0.1) is 0 Å². The molecule has 0 aliphatic rings. The molecule has 0 unspecified atom stereocenters. The van der Waals surface area contributed by atoms with E-state index >= 15 is 0 Å². The molecule has 0 bridgehead atoms. The van der Waals surface area contributed by atoms with Gasteiger partial charge in [0, 0.05) is 17.9 Å². The Morgan fingerprint density at radius 2 is 2.24 bits per heavy atom. The number of unbranched alkanes of at least 4 members (excludes halogenated alkanes) is 1. The van der Waals surface area contributed by atoms with Crippen molar-refractivity contribution in [2.45, 2.75) is 25.7 Å².